The molecule has 0 aliphatic carbocycles. The van der Waals surface area contributed by atoms with Crippen molar-refractivity contribution >= 4 is 109 Å². The van der Waals surface area contributed by atoms with Crippen molar-refractivity contribution in [2.75, 3.05) is 0 Å². The molecule has 15 aromatic carbocycles. The summed E-state index contributed by atoms with van der Waals surface area (Å²) in [6, 6.07) is 115. The van der Waals surface area contributed by atoms with E-state index in [1.807, 2.05) is 272 Å². The van der Waals surface area contributed by atoms with E-state index in [0.717, 1.165) is 194 Å². The molecule has 0 radical (unpaired) electrons. The summed E-state index contributed by atoms with van der Waals surface area (Å²) in [4.78, 5) is 22.0. The van der Waals surface area contributed by atoms with Crippen molar-refractivity contribution in [3.8, 4) is 85.4 Å². The van der Waals surface area contributed by atoms with Gasteiger partial charge in [0.05, 0.1) is 79.8 Å². The monoisotopic (exact) mass is 1900 g/mol. The van der Waals surface area contributed by atoms with E-state index in [9.17, 15) is 0 Å². The number of hydrogen-bond donors (Lipinski definition) is 0. The Bertz CT molecular complexity index is 8540. The fraction of sp³-hybridized carbons (Fsp3) is 0.147. The van der Waals surface area contributed by atoms with Crippen LogP contribution in [0.15, 0.2) is 395 Å². The Morgan fingerprint density at radius 3 is 0.931 bits per heavy atom. The van der Waals surface area contributed by atoms with Gasteiger partial charge in [-0.15, -0.1) is 0 Å². The van der Waals surface area contributed by atoms with Crippen LogP contribution in [0.5, 0.6) is 0 Å². The van der Waals surface area contributed by atoms with Crippen molar-refractivity contribution in [3.05, 3.63) is 451 Å². The molecule has 15 heteroatoms. The van der Waals surface area contributed by atoms with Crippen LogP contribution < -0.4 is 22.8 Å². The van der Waals surface area contributed by atoms with Crippen molar-refractivity contribution in [1.29, 1.82) is 0 Å². The van der Waals surface area contributed by atoms with Crippen LogP contribution in [0, 0.1) is 68.9 Å². The molecule has 25 rings (SSSR count). The first-order chi connectivity index (χ1) is 74.4. The molecule has 0 saturated carbocycles. The average molecular weight is 1900 g/mol. The molecular formula is C129H126N15+5. The Hall–Kier alpha value is -17.3. The van der Waals surface area contributed by atoms with Crippen LogP contribution in [0.3, 0.4) is 0 Å². The molecule has 0 bridgehead atoms. The highest BCUT2D eigenvalue weighted by molar-refractivity contribution is 5.99. The Morgan fingerprint density at radius 2 is 0.514 bits per heavy atom. The second-order valence-corrected chi connectivity index (χ2v) is 35.3. The third-order valence-corrected chi connectivity index (χ3v) is 27.0. The number of nitrogens with zero attached hydrogens (tertiary/aromatic N) is 15. The highest BCUT2D eigenvalue weighted by atomic mass is 15.2. The maximum absolute atomic E-state index is 8.27. The average Bonchev–Trinajstić information content (AvgIpc) is 1.60. The number of para-hydroxylation sites is 11. The summed E-state index contributed by atoms with van der Waals surface area (Å²) in [5.41, 5.74) is 26.8. The molecule has 0 N–H and O–H groups in total. The predicted octanol–water partition coefficient (Wildman–Crippen LogP) is 29.0. The number of hydrogen-bond acceptors (Lipinski definition) is 5. The molecule has 15 nitrogen and oxygen atoms in total. The van der Waals surface area contributed by atoms with Gasteiger partial charge in [0.2, 0.25) is 0 Å². The van der Waals surface area contributed by atoms with Gasteiger partial charge in [0, 0.05) is 107 Å². The minimum Gasteiger partial charge on any atom is -0.264 e. The van der Waals surface area contributed by atoms with Crippen molar-refractivity contribution < 1.29 is 43.4 Å². The van der Waals surface area contributed by atoms with Crippen LogP contribution in [0.2, 0.25) is 0 Å². The molecule has 0 amide bonds. The maximum atomic E-state index is 8.27. The van der Waals surface area contributed by atoms with Gasteiger partial charge in [0.1, 0.15) is 22.7 Å². The first-order valence-electron chi connectivity index (χ1n) is 54.1. The largest absolute Gasteiger partial charge is 0.295 e. The molecular weight excluding hydrogens is 1760 g/mol. The van der Waals surface area contributed by atoms with Crippen molar-refractivity contribution in [2.24, 2.45) is 35.2 Å². The third kappa shape index (κ3) is 17.2. The van der Waals surface area contributed by atoms with Gasteiger partial charge in [-0.25, -0.2) is 22.8 Å². The minimum atomic E-state index is -2.35. The third-order valence-electron chi connectivity index (χ3n) is 27.0. The van der Waals surface area contributed by atoms with Crippen LogP contribution in [0.25, 0.3) is 195 Å². The van der Waals surface area contributed by atoms with E-state index >= 15 is 0 Å². The van der Waals surface area contributed by atoms with Gasteiger partial charge < -0.3 is 0 Å². The molecule has 712 valence electrons. The molecule has 144 heavy (non-hydrogen) atoms. The van der Waals surface area contributed by atoms with Crippen LogP contribution in [0.1, 0.15) is 106 Å². The second-order valence-electron chi connectivity index (χ2n) is 35.3. The first-order valence-corrected chi connectivity index (χ1v) is 46.6. The lowest BCUT2D eigenvalue weighted by atomic mass is 10.0. The van der Waals surface area contributed by atoms with Gasteiger partial charge in [0.25, 0.3) is 29.1 Å². The lowest BCUT2D eigenvalue weighted by Crippen LogP contribution is -2.30. The van der Waals surface area contributed by atoms with Crippen LogP contribution >= 0.6 is 0 Å². The zero-order valence-corrected chi connectivity index (χ0v) is 79.2. The zero-order chi connectivity index (χ0) is 109. The molecule has 0 spiro atoms. The summed E-state index contributed by atoms with van der Waals surface area (Å²) in [5.74, 6) is 4.65. The lowest BCUT2D eigenvalue weighted by Gasteiger charge is -2.11. The van der Waals surface area contributed by atoms with E-state index in [-0.39, 0.29) is 41.0 Å². The standard InChI is InChI=1S/5C25H22N3.4CH4/c1-17-10-4-6-12-20(17)25-27(3)22-14-8-9-15-23(22)28(25)24-18(2)26-16-19-11-5-7-13-21(19)24;1-17-10-4-5-11-19(17)25-27(3)22-14-8-9-15-23(22)28(25)24-18(2)16-26-21-13-7-6-12-20(21)24;1-17-9-4-5-10-19(17)25-27(3)22-12-6-7-13-23(22)28(25)24-18(2)14-15-21-20(24)11-8-16-26-21;1-17-8-4-5-9-20(17)25-27(3)22-10-6-7-11-23(22)28(25)24-18(2)12-13-19-16-26-15-14-21(19)24;1-17-8-4-5-9-20(17)25-27(3)22-10-6-7-11-23(22)28(25)24-18(2)12-13-19-14-15-26-16-21(19)24;;;;/h5*4-16H,1-3H3;4*1H4/q5*+1;;;;/i5*2D3;;;;. The second kappa shape index (κ2) is 41.2. The van der Waals surface area contributed by atoms with Gasteiger partial charge in [-0.1, -0.05) is 242 Å². The van der Waals surface area contributed by atoms with Gasteiger partial charge in [0.15, 0.2) is 60.9 Å². The number of fused-ring (bicyclic) bond motifs is 10. The summed E-state index contributed by atoms with van der Waals surface area (Å²) in [5, 5.41) is 6.92. The molecule has 0 atom stereocenters. The number of pyridine rings is 5. The van der Waals surface area contributed by atoms with E-state index in [0.29, 0.717) is 45.1 Å². The normalized spacial score (nSPS) is 13.1. The summed E-state index contributed by atoms with van der Waals surface area (Å²) in [7, 11) is 10.1. The van der Waals surface area contributed by atoms with Crippen LogP contribution in [-0.4, -0.2) is 47.8 Å². The first kappa shape index (κ1) is 80.5. The predicted molar refractivity (Wildman–Crippen MR) is 600 cm³/mol. The van der Waals surface area contributed by atoms with Gasteiger partial charge in [-0.05, 0) is 258 Å². The number of aryl methyl sites for hydroxylation is 15. The molecule has 0 saturated heterocycles. The fourth-order valence-corrected chi connectivity index (χ4v) is 20.2. The van der Waals surface area contributed by atoms with Gasteiger partial charge in [-0.3, -0.25) is 24.9 Å². The lowest BCUT2D eigenvalue weighted by molar-refractivity contribution is -0.634. The molecule has 0 unspecified atom stereocenters. The summed E-state index contributed by atoms with van der Waals surface area (Å²) in [6.45, 7) is -1.09. The molecule has 0 aliphatic rings. The van der Waals surface area contributed by atoms with Gasteiger partial charge >= 0.3 is 0 Å². The van der Waals surface area contributed by atoms with Crippen molar-refractivity contribution in [3.63, 3.8) is 0 Å². The highest BCUT2D eigenvalue weighted by Crippen LogP contribution is 2.42. The van der Waals surface area contributed by atoms with E-state index < -0.39 is 34.3 Å². The van der Waals surface area contributed by atoms with Crippen LogP contribution in [0.4, 0.5) is 0 Å². The zero-order valence-electron chi connectivity index (χ0n) is 94.2. The van der Waals surface area contributed by atoms with E-state index in [1.165, 1.54) is 6.20 Å². The molecule has 10 heterocycles. The molecule has 0 fully saturated rings. The van der Waals surface area contributed by atoms with E-state index in [1.54, 1.807) is 61.4 Å². The summed E-state index contributed by atoms with van der Waals surface area (Å²) >= 11 is 0. The van der Waals surface area contributed by atoms with Crippen molar-refractivity contribution in [2.45, 2.75) is 98.6 Å². The van der Waals surface area contributed by atoms with E-state index in [2.05, 4.69) is 196 Å². The SMILES string of the molecule is C.C.C.C.[2H]C([2H])([2H])c1ccc2ccncc2c1-n1c(-c2ccccc2C)[n+](C)c2ccccc21.[2H]C([2H])([2H])c1ccc2cnccc2c1-n1c(-c2ccccc2C)[n+](C)c2ccccc21.[2H]C([2H])([2H])c1ccc2ncccc2c1-n1c(-c2ccccc2C)[n+](C)c2ccccc21.[2H]C([2H])([2H])c1cnc2ccccc2c1-n1c(-c2ccccc2C)[n+](C)c2ccccc21.[2H]C([2H])([2H])c1ncc2ccccc2c1-n1c(-c2ccccc2C)[n+](C)c2ccccc21. The Labute approximate surface area is 865 Å². The quantitative estimate of drug-likeness (QED) is 0.127. The highest BCUT2D eigenvalue weighted by Gasteiger charge is 2.36. The van der Waals surface area contributed by atoms with E-state index in [4.69, 9.17) is 20.6 Å². The molecule has 0 aliphatic heterocycles. The fourth-order valence-electron chi connectivity index (χ4n) is 20.2. The smallest absolute Gasteiger partial charge is 0.264 e. The van der Waals surface area contributed by atoms with Crippen LogP contribution in [-0.2, 0) is 35.2 Å². The Balaban J connectivity index is 0.000000133. The summed E-state index contributed by atoms with van der Waals surface area (Å²) in [6.07, 6.45) is 11.9. The Kier molecular flexibility index (Phi) is 23.1. The number of imidazole rings is 5. The topological polar surface area (TPSA) is 108 Å². The maximum Gasteiger partial charge on any atom is 0.295 e. The van der Waals surface area contributed by atoms with Gasteiger partial charge in [-0.2, -0.15) is 22.8 Å². The Morgan fingerprint density at radius 1 is 0.208 bits per heavy atom. The molecule has 25 aromatic rings. The minimum absolute atomic E-state index is 0. The number of benzene rings is 15. The number of aromatic nitrogens is 15. The number of rotatable bonds is 10. The van der Waals surface area contributed by atoms with Crippen molar-refractivity contribution in [1.82, 2.24) is 47.8 Å². The molecule has 10 aromatic heterocycles. The summed E-state index contributed by atoms with van der Waals surface area (Å²) < 4.78 is 145.